The minimum atomic E-state index is 0.119. The molecule has 0 aromatic heterocycles. The summed E-state index contributed by atoms with van der Waals surface area (Å²) in [5.74, 6) is 0.276. The molecule has 2 N–H and O–H groups in total. The van der Waals surface area contributed by atoms with Crippen LogP contribution in [0.15, 0.2) is 64.4 Å². The minimum absolute atomic E-state index is 0.119. The highest BCUT2D eigenvalue weighted by Crippen LogP contribution is 2.30. The molecule has 1 amide bonds. The van der Waals surface area contributed by atoms with Gasteiger partial charge >= 0.3 is 0 Å². The summed E-state index contributed by atoms with van der Waals surface area (Å²) in [6.45, 7) is 2.33. The van der Waals surface area contributed by atoms with Crippen molar-refractivity contribution in [2.24, 2.45) is 5.92 Å². The smallest absolute Gasteiger partial charge is 0.224 e. The molecule has 22 heavy (non-hydrogen) atoms. The van der Waals surface area contributed by atoms with Crippen molar-refractivity contribution in [1.29, 1.82) is 0 Å². The third-order valence-electron chi connectivity index (χ3n) is 3.83. The summed E-state index contributed by atoms with van der Waals surface area (Å²) in [5, 5.41) is 6.31. The lowest BCUT2D eigenvalue weighted by molar-refractivity contribution is -0.124. The van der Waals surface area contributed by atoms with E-state index in [9.17, 15) is 4.79 Å². The van der Waals surface area contributed by atoms with Gasteiger partial charge in [0.25, 0.3) is 0 Å². The molecule has 0 saturated carbocycles. The number of carbonyl (C=O) groups excluding carboxylic acids is 1. The lowest BCUT2D eigenvalue weighted by Gasteiger charge is -2.12. The van der Waals surface area contributed by atoms with E-state index in [0.29, 0.717) is 6.54 Å². The lowest BCUT2D eigenvalue weighted by atomic mass is 10.1. The number of hydrogen-bond acceptors (Lipinski definition) is 3. The average Bonchev–Trinajstić information content (AvgIpc) is 3.09. The molecule has 1 unspecified atom stereocenters. The van der Waals surface area contributed by atoms with Crippen molar-refractivity contribution in [3.8, 4) is 0 Å². The maximum absolute atomic E-state index is 12.1. The molecule has 3 nitrogen and oxygen atoms in total. The summed E-state index contributed by atoms with van der Waals surface area (Å²) >= 11 is 1.73. The van der Waals surface area contributed by atoms with Gasteiger partial charge in [-0.05, 0) is 36.7 Å². The predicted molar refractivity (Wildman–Crippen MR) is 89.8 cm³/mol. The van der Waals surface area contributed by atoms with E-state index in [4.69, 9.17) is 0 Å². The minimum Gasteiger partial charge on any atom is -0.352 e. The highest BCUT2D eigenvalue weighted by molar-refractivity contribution is 7.99. The second-order valence-corrected chi connectivity index (χ2v) is 6.55. The topological polar surface area (TPSA) is 41.1 Å². The van der Waals surface area contributed by atoms with Gasteiger partial charge in [0.2, 0.25) is 5.91 Å². The zero-order valence-electron chi connectivity index (χ0n) is 12.4. The van der Waals surface area contributed by atoms with E-state index in [0.717, 1.165) is 25.1 Å². The molecule has 114 valence electrons. The monoisotopic (exact) mass is 312 g/mol. The van der Waals surface area contributed by atoms with Crippen LogP contribution in [0, 0.1) is 5.92 Å². The van der Waals surface area contributed by atoms with Crippen LogP contribution in [0.25, 0.3) is 0 Å². The van der Waals surface area contributed by atoms with Crippen LogP contribution in [0.4, 0.5) is 0 Å². The first-order valence-electron chi connectivity index (χ1n) is 7.62. The van der Waals surface area contributed by atoms with E-state index in [1.807, 2.05) is 30.3 Å². The molecule has 1 fully saturated rings. The Kier molecular flexibility index (Phi) is 5.14. The number of nitrogens with one attached hydrogen (secondary N) is 2. The van der Waals surface area contributed by atoms with E-state index in [1.54, 1.807) is 11.8 Å². The maximum atomic E-state index is 12.1. The number of benzene rings is 2. The Morgan fingerprint density at radius 3 is 2.68 bits per heavy atom. The van der Waals surface area contributed by atoms with Crippen molar-refractivity contribution in [1.82, 2.24) is 10.6 Å². The fraction of sp³-hybridized carbons (Fsp3) is 0.278. The van der Waals surface area contributed by atoms with Crippen LogP contribution in [0.3, 0.4) is 0 Å². The molecule has 0 spiro atoms. The van der Waals surface area contributed by atoms with Crippen LogP contribution >= 0.6 is 11.8 Å². The Labute approximate surface area is 135 Å². The van der Waals surface area contributed by atoms with Gasteiger partial charge in [-0.15, -0.1) is 0 Å². The van der Waals surface area contributed by atoms with E-state index in [-0.39, 0.29) is 11.8 Å². The number of rotatable bonds is 5. The second-order valence-electron chi connectivity index (χ2n) is 5.43. The molecule has 1 atom stereocenters. The first-order valence-corrected chi connectivity index (χ1v) is 8.44. The second kappa shape index (κ2) is 7.47. The molecule has 1 heterocycles. The summed E-state index contributed by atoms with van der Waals surface area (Å²) in [7, 11) is 0. The molecular formula is C18H20N2OS. The van der Waals surface area contributed by atoms with Gasteiger partial charge < -0.3 is 10.6 Å². The van der Waals surface area contributed by atoms with Crippen LogP contribution in [-0.4, -0.2) is 19.0 Å². The van der Waals surface area contributed by atoms with E-state index in [1.165, 1.54) is 9.79 Å². The van der Waals surface area contributed by atoms with Crippen molar-refractivity contribution < 1.29 is 4.79 Å². The fourth-order valence-electron chi connectivity index (χ4n) is 2.57. The number of hydrogen-bond donors (Lipinski definition) is 2. The largest absolute Gasteiger partial charge is 0.352 e. The first kappa shape index (κ1) is 15.1. The molecule has 1 aliphatic heterocycles. The summed E-state index contributed by atoms with van der Waals surface area (Å²) in [6.07, 6.45) is 0.937. The molecule has 4 heteroatoms. The Morgan fingerprint density at radius 1 is 1.14 bits per heavy atom. The van der Waals surface area contributed by atoms with Gasteiger partial charge in [0.15, 0.2) is 0 Å². The molecule has 1 saturated heterocycles. The molecule has 0 bridgehead atoms. The Bertz CT molecular complexity index is 624. The third kappa shape index (κ3) is 3.90. The van der Waals surface area contributed by atoms with Crippen molar-refractivity contribution in [2.75, 3.05) is 13.1 Å². The van der Waals surface area contributed by atoms with E-state index < -0.39 is 0 Å². The SMILES string of the molecule is O=C(NCc1ccccc1Sc1ccccc1)C1CCNC1. The van der Waals surface area contributed by atoms with Crippen LogP contribution < -0.4 is 10.6 Å². The summed E-state index contributed by atoms with van der Waals surface area (Å²) < 4.78 is 0. The first-order chi connectivity index (χ1) is 10.8. The average molecular weight is 312 g/mol. The molecule has 2 aromatic rings. The third-order valence-corrected chi connectivity index (χ3v) is 4.95. The van der Waals surface area contributed by atoms with Gasteiger partial charge in [-0.25, -0.2) is 0 Å². The van der Waals surface area contributed by atoms with Crippen molar-refractivity contribution in [3.05, 3.63) is 60.2 Å². The summed E-state index contributed by atoms with van der Waals surface area (Å²) in [4.78, 5) is 14.5. The molecule has 2 aromatic carbocycles. The van der Waals surface area contributed by atoms with Crippen molar-refractivity contribution in [3.63, 3.8) is 0 Å². The van der Waals surface area contributed by atoms with Crippen molar-refractivity contribution in [2.45, 2.75) is 22.8 Å². The van der Waals surface area contributed by atoms with Gasteiger partial charge in [-0.2, -0.15) is 0 Å². The van der Waals surface area contributed by atoms with Crippen LogP contribution in [-0.2, 0) is 11.3 Å². The molecule has 0 radical (unpaired) electrons. The number of carbonyl (C=O) groups is 1. The van der Waals surface area contributed by atoms with Crippen LogP contribution in [0.5, 0.6) is 0 Å². The standard InChI is InChI=1S/C18H20N2OS/c21-18(15-10-11-19-12-15)20-13-14-6-4-5-9-17(14)22-16-7-2-1-3-8-16/h1-9,15,19H,10-13H2,(H,20,21). The zero-order chi connectivity index (χ0) is 15.2. The lowest BCUT2D eigenvalue weighted by Crippen LogP contribution is -2.31. The van der Waals surface area contributed by atoms with Gasteiger partial charge in [-0.1, -0.05) is 48.2 Å². The van der Waals surface area contributed by atoms with Crippen LogP contribution in [0.1, 0.15) is 12.0 Å². The van der Waals surface area contributed by atoms with Gasteiger partial charge in [-0.3, -0.25) is 4.79 Å². The van der Waals surface area contributed by atoms with Crippen molar-refractivity contribution >= 4 is 17.7 Å². The van der Waals surface area contributed by atoms with Gasteiger partial charge in [0.1, 0.15) is 0 Å². The molecular weight excluding hydrogens is 292 g/mol. The molecule has 3 rings (SSSR count). The van der Waals surface area contributed by atoms with E-state index in [2.05, 4.69) is 34.9 Å². The Hall–Kier alpha value is -1.78. The number of amides is 1. The molecule has 1 aliphatic rings. The maximum Gasteiger partial charge on any atom is 0.224 e. The normalized spacial score (nSPS) is 17.4. The Morgan fingerprint density at radius 2 is 1.91 bits per heavy atom. The molecule has 0 aliphatic carbocycles. The van der Waals surface area contributed by atoms with Crippen LogP contribution in [0.2, 0.25) is 0 Å². The highest BCUT2D eigenvalue weighted by atomic mass is 32.2. The summed E-state index contributed by atoms with van der Waals surface area (Å²) in [6, 6.07) is 18.6. The van der Waals surface area contributed by atoms with Gasteiger partial charge in [0, 0.05) is 22.9 Å². The quantitative estimate of drug-likeness (QED) is 0.891. The van der Waals surface area contributed by atoms with E-state index >= 15 is 0 Å². The predicted octanol–water partition coefficient (Wildman–Crippen LogP) is 3.06. The highest BCUT2D eigenvalue weighted by Gasteiger charge is 2.22. The van der Waals surface area contributed by atoms with Gasteiger partial charge in [0.05, 0.1) is 5.92 Å². The summed E-state index contributed by atoms with van der Waals surface area (Å²) in [5.41, 5.74) is 1.16. The zero-order valence-corrected chi connectivity index (χ0v) is 13.2. The Balaban J connectivity index is 1.64. The fourth-order valence-corrected chi connectivity index (χ4v) is 3.54.